The Balaban J connectivity index is 1.51. The molecule has 0 aliphatic heterocycles. The molecule has 4 saturated carbocycles. The zero-order chi connectivity index (χ0) is 16.5. The van der Waals surface area contributed by atoms with E-state index in [9.17, 15) is 4.79 Å². The lowest BCUT2D eigenvalue weighted by molar-refractivity contribution is -0.149. The van der Waals surface area contributed by atoms with Crippen LogP contribution in [0.15, 0.2) is 24.5 Å². The van der Waals surface area contributed by atoms with E-state index in [1.807, 2.05) is 23.2 Å². The van der Waals surface area contributed by atoms with Crippen molar-refractivity contribution in [3.05, 3.63) is 30.1 Å². The molecule has 0 unspecified atom stereocenters. The van der Waals surface area contributed by atoms with Crippen LogP contribution in [0.5, 0.6) is 0 Å². The third kappa shape index (κ3) is 2.92. The fraction of sp³-hybridized carbons (Fsp3) is 0.650. The number of carbonyl (C=O) groups excluding carboxylic acids is 1. The minimum atomic E-state index is 0.202. The molecule has 1 heterocycles. The molecule has 4 aliphatic carbocycles. The maximum absolute atomic E-state index is 13.3. The van der Waals surface area contributed by atoms with Gasteiger partial charge in [-0.2, -0.15) is 5.26 Å². The molecule has 5 rings (SSSR count). The summed E-state index contributed by atoms with van der Waals surface area (Å²) >= 11 is 0. The summed E-state index contributed by atoms with van der Waals surface area (Å²) in [6, 6.07) is 6.12. The van der Waals surface area contributed by atoms with Crippen LogP contribution in [-0.4, -0.2) is 22.3 Å². The van der Waals surface area contributed by atoms with E-state index in [1.54, 1.807) is 6.20 Å². The van der Waals surface area contributed by atoms with Crippen LogP contribution in [0, 0.1) is 40.9 Å². The van der Waals surface area contributed by atoms with Gasteiger partial charge in [-0.25, -0.2) is 0 Å². The van der Waals surface area contributed by atoms with Crippen molar-refractivity contribution < 1.29 is 4.79 Å². The molecule has 4 nitrogen and oxygen atoms in total. The van der Waals surface area contributed by atoms with Gasteiger partial charge in [0.05, 0.1) is 12.5 Å². The quantitative estimate of drug-likeness (QED) is 0.834. The van der Waals surface area contributed by atoms with Gasteiger partial charge in [0.2, 0.25) is 5.91 Å². The molecule has 126 valence electrons. The van der Waals surface area contributed by atoms with E-state index in [1.165, 1.54) is 32.1 Å². The number of nitriles is 1. The number of carbonyl (C=O) groups is 1. The molecule has 1 amide bonds. The van der Waals surface area contributed by atoms with Gasteiger partial charge >= 0.3 is 0 Å². The second-order valence-electron chi connectivity index (χ2n) is 7.99. The van der Waals surface area contributed by atoms with Gasteiger partial charge in [-0.1, -0.05) is 6.07 Å². The SMILES string of the molecule is N#CCCN(Cc1cccnc1)C(=O)C1C2CC3CC(C2)CC1C3. The van der Waals surface area contributed by atoms with Crippen molar-refractivity contribution >= 4 is 5.91 Å². The lowest BCUT2D eigenvalue weighted by atomic mass is 9.51. The van der Waals surface area contributed by atoms with Gasteiger partial charge in [0.25, 0.3) is 0 Å². The average molecular weight is 323 g/mol. The summed E-state index contributed by atoms with van der Waals surface area (Å²) in [4.78, 5) is 19.4. The Bertz CT molecular complexity index is 608. The third-order valence-electron chi connectivity index (χ3n) is 6.41. The fourth-order valence-electron chi connectivity index (χ4n) is 5.70. The molecule has 0 aromatic carbocycles. The van der Waals surface area contributed by atoms with Gasteiger partial charge in [-0.05, 0) is 67.4 Å². The van der Waals surface area contributed by atoms with Crippen molar-refractivity contribution in [2.75, 3.05) is 6.54 Å². The number of hydrogen-bond acceptors (Lipinski definition) is 3. The first-order valence-corrected chi connectivity index (χ1v) is 9.29. The molecule has 0 saturated heterocycles. The molecule has 24 heavy (non-hydrogen) atoms. The predicted octanol–water partition coefficient (Wildman–Crippen LogP) is 3.40. The van der Waals surface area contributed by atoms with Gasteiger partial charge in [-0.15, -0.1) is 0 Å². The van der Waals surface area contributed by atoms with Gasteiger partial charge in [0, 0.05) is 31.4 Å². The number of pyridine rings is 1. The highest BCUT2D eigenvalue weighted by molar-refractivity contribution is 5.80. The van der Waals surface area contributed by atoms with Crippen molar-refractivity contribution in [1.82, 2.24) is 9.88 Å². The molecule has 1 aromatic heterocycles. The second-order valence-corrected chi connectivity index (χ2v) is 7.99. The molecule has 0 atom stereocenters. The van der Waals surface area contributed by atoms with E-state index in [0.717, 1.165) is 17.4 Å². The van der Waals surface area contributed by atoms with Crippen LogP contribution < -0.4 is 0 Å². The Morgan fingerprint density at radius 2 is 1.92 bits per heavy atom. The average Bonchev–Trinajstić information content (AvgIpc) is 2.58. The first kappa shape index (κ1) is 15.6. The smallest absolute Gasteiger partial charge is 0.226 e. The van der Waals surface area contributed by atoms with Crippen molar-refractivity contribution in [3.8, 4) is 6.07 Å². The monoisotopic (exact) mass is 323 g/mol. The number of rotatable bonds is 5. The molecule has 0 radical (unpaired) electrons. The van der Waals surface area contributed by atoms with Crippen LogP contribution in [0.1, 0.15) is 44.1 Å². The first-order chi connectivity index (χ1) is 11.7. The zero-order valence-electron chi connectivity index (χ0n) is 14.1. The van der Waals surface area contributed by atoms with Crippen molar-refractivity contribution in [2.45, 2.75) is 45.1 Å². The Labute approximate surface area is 143 Å². The zero-order valence-corrected chi connectivity index (χ0v) is 14.1. The molecule has 4 fully saturated rings. The van der Waals surface area contributed by atoms with E-state index in [0.29, 0.717) is 37.3 Å². The molecular weight excluding hydrogens is 298 g/mol. The van der Waals surface area contributed by atoms with Crippen molar-refractivity contribution in [3.63, 3.8) is 0 Å². The first-order valence-electron chi connectivity index (χ1n) is 9.29. The van der Waals surface area contributed by atoms with Crippen molar-refractivity contribution in [1.29, 1.82) is 5.26 Å². The van der Waals surface area contributed by atoms with E-state index >= 15 is 0 Å². The van der Waals surface area contributed by atoms with Gasteiger partial charge in [-0.3, -0.25) is 9.78 Å². The van der Waals surface area contributed by atoms with Crippen molar-refractivity contribution in [2.24, 2.45) is 29.6 Å². The van der Waals surface area contributed by atoms with Crippen LogP contribution in [0.3, 0.4) is 0 Å². The maximum atomic E-state index is 13.3. The van der Waals surface area contributed by atoms with E-state index in [2.05, 4.69) is 11.1 Å². The largest absolute Gasteiger partial charge is 0.337 e. The summed E-state index contributed by atoms with van der Waals surface area (Å²) in [5, 5.41) is 8.97. The minimum Gasteiger partial charge on any atom is -0.337 e. The molecule has 0 N–H and O–H groups in total. The highest BCUT2D eigenvalue weighted by Gasteiger charge is 2.51. The fourth-order valence-corrected chi connectivity index (χ4v) is 5.70. The van der Waals surface area contributed by atoms with Crippen LogP contribution >= 0.6 is 0 Å². The number of nitrogens with zero attached hydrogens (tertiary/aromatic N) is 3. The topological polar surface area (TPSA) is 57.0 Å². The normalized spacial score (nSPS) is 33.2. The minimum absolute atomic E-state index is 0.202. The Kier molecular flexibility index (Phi) is 4.26. The molecule has 4 bridgehead atoms. The molecule has 1 aromatic rings. The summed E-state index contributed by atoms with van der Waals surface area (Å²) < 4.78 is 0. The maximum Gasteiger partial charge on any atom is 0.226 e. The molecular formula is C20H25N3O. The molecule has 0 spiro atoms. The van der Waals surface area contributed by atoms with E-state index < -0.39 is 0 Å². The van der Waals surface area contributed by atoms with E-state index in [-0.39, 0.29) is 5.92 Å². The molecule has 4 heteroatoms. The summed E-state index contributed by atoms with van der Waals surface area (Å²) in [5.41, 5.74) is 1.05. The summed E-state index contributed by atoms with van der Waals surface area (Å²) in [7, 11) is 0. The third-order valence-corrected chi connectivity index (χ3v) is 6.41. The summed E-state index contributed by atoms with van der Waals surface area (Å²) in [6.45, 7) is 1.12. The Morgan fingerprint density at radius 1 is 1.21 bits per heavy atom. The summed E-state index contributed by atoms with van der Waals surface area (Å²) in [5.74, 6) is 3.43. The van der Waals surface area contributed by atoms with Gasteiger partial charge in [0.1, 0.15) is 0 Å². The van der Waals surface area contributed by atoms with Crippen LogP contribution in [-0.2, 0) is 11.3 Å². The summed E-state index contributed by atoms with van der Waals surface area (Å²) in [6.07, 6.45) is 10.4. The highest BCUT2D eigenvalue weighted by atomic mass is 16.2. The molecule has 4 aliphatic rings. The number of aromatic nitrogens is 1. The lowest BCUT2D eigenvalue weighted by Gasteiger charge is -2.54. The predicted molar refractivity (Wildman–Crippen MR) is 90.4 cm³/mol. The lowest BCUT2D eigenvalue weighted by Crippen LogP contribution is -2.52. The highest BCUT2D eigenvalue weighted by Crippen LogP contribution is 2.56. The van der Waals surface area contributed by atoms with Gasteiger partial charge in [0.15, 0.2) is 0 Å². The standard InChI is InChI=1S/C20H25N3O/c21-4-2-6-23(13-14-3-1-5-22-12-14)20(24)19-17-8-15-7-16(10-17)11-18(19)9-15/h1,3,5,12,15-19H,2,6-11,13H2. The van der Waals surface area contributed by atoms with Crippen LogP contribution in [0.4, 0.5) is 0 Å². The Morgan fingerprint density at radius 3 is 2.50 bits per heavy atom. The Hall–Kier alpha value is -1.89. The number of amides is 1. The van der Waals surface area contributed by atoms with Gasteiger partial charge < -0.3 is 4.90 Å². The van der Waals surface area contributed by atoms with E-state index in [4.69, 9.17) is 5.26 Å². The number of hydrogen-bond donors (Lipinski definition) is 0. The second kappa shape index (κ2) is 6.55. The van der Waals surface area contributed by atoms with Crippen LogP contribution in [0.25, 0.3) is 0 Å². The van der Waals surface area contributed by atoms with Crippen LogP contribution in [0.2, 0.25) is 0 Å².